The van der Waals surface area contributed by atoms with Crippen molar-refractivity contribution in [3.05, 3.63) is 59.4 Å². The van der Waals surface area contributed by atoms with Crippen LogP contribution >= 0.6 is 0 Å². The number of rotatable bonds is 3. The normalized spacial score (nSPS) is 14.2. The van der Waals surface area contributed by atoms with Gasteiger partial charge in [0.15, 0.2) is 11.6 Å². The molecule has 0 spiro atoms. The molecule has 0 bridgehead atoms. The number of furan rings is 1. The Morgan fingerprint density at radius 3 is 2.93 bits per heavy atom. The minimum atomic E-state index is -0.219. The molecule has 0 atom stereocenters. The van der Waals surface area contributed by atoms with Gasteiger partial charge in [0, 0.05) is 29.3 Å². The standard InChI is InChI=1S/C22H22N4O2/c1-14-16-11-10-15-7-4-5-8-17(15)21(16)28-20(14)22(27)23-13-19-25-24-18-9-3-2-6-12-26(18)19/h4-5,7-8,10-11H,2-3,6,9,12-13H2,1H3,(H,23,27). The van der Waals surface area contributed by atoms with Gasteiger partial charge in [-0.15, -0.1) is 10.2 Å². The minimum Gasteiger partial charge on any atom is -0.450 e. The molecule has 28 heavy (non-hydrogen) atoms. The van der Waals surface area contributed by atoms with Gasteiger partial charge in [-0.2, -0.15) is 0 Å². The predicted octanol–water partition coefficient (Wildman–Crippen LogP) is 4.14. The van der Waals surface area contributed by atoms with Crippen LogP contribution in [0.5, 0.6) is 0 Å². The Labute approximate surface area is 162 Å². The number of aryl methyl sites for hydroxylation is 2. The Bertz CT molecular complexity index is 1190. The zero-order valence-electron chi connectivity index (χ0n) is 15.9. The number of benzene rings is 2. The lowest BCUT2D eigenvalue weighted by molar-refractivity contribution is 0.0923. The van der Waals surface area contributed by atoms with Gasteiger partial charge in [-0.05, 0) is 25.2 Å². The average molecular weight is 374 g/mol. The largest absolute Gasteiger partial charge is 0.450 e. The van der Waals surface area contributed by atoms with Gasteiger partial charge in [0.2, 0.25) is 0 Å². The Morgan fingerprint density at radius 1 is 1.11 bits per heavy atom. The van der Waals surface area contributed by atoms with Crippen molar-refractivity contribution >= 4 is 27.6 Å². The number of amides is 1. The van der Waals surface area contributed by atoms with E-state index in [1.165, 1.54) is 6.42 Å². The van der Waals surface area contributed by atoms with E-state index >= 15 is 0 Å². The van der Waals surface area contributed by atoms with Crippen molar-refractivity contribution in [2.45, 2.75) is 45.7 Å². The second kappa shape index (κ2) is 6.78. The molecule has 0 unspecified atom stereocenters. The fourth-order valence-electron chi connectivity index (χ4n) is 4.08. The number of hydrogen-bond acceptors (Lipinski definition) is 4. The highest BCUT2D eigenvalue weighted by molar-refractivity contribution is 6.08. The highest BCUT2D eigenvalue weighted by atomic mass is 16.3. The zero-order chi connectivity index (χ0) is 19.1. The summed E-state index contributed by atoms with van der Waals surface area (Å²) in [7, 11) is 0. The zero-order valence-corrected chi connectivity index (χ0v) is 15.9. The Balaban J connectivity index is 1.43. The van der Waals surface area contributed by atoms with Crippen molar-refractivity contribution in [2.75, 3.05) is 0 Å². The maximum absolute atomic E-state index is 12.8. The summed E-state index contributed by atoms with van der Waals surface area (Å²) in [5, 5.41) is 14.6. The molecule has 5 rings (SSSR count). The van der Waals surface area contributed by atoms with Crippen LogP contribution in [-0.4, -0.2) is 20.7 Å². The van der Waals surface area contributed by atoms with E-state index in [-0.39, 0.29) is 5.91 Å². The van der Waals surface area contributed by atoms with Gasteiger partial charge in [-0.1, -0.05) is 42.8 Å². The topological polar surface area (TPSA) is 73.0 Å². The van der Waals surface area contributed by atoms with Crippen LogP contribution in [0.3, 0.4) is 0 Å². The van der Waals surface area contributed by atoms with Crippen molar-refractivity contribution in [2.24, 2.45) is 0 Å². The Hall–Kier alpha value is -3.15. The number of nitrogens with zero attached hydrogens (tertiary/aromatic N) is 3. The molecule has 6 heteroatoms. The highest BCUT2D eigenvalue weighted by Gasteiger charge is 2.20. The summed E-state index contributed by atoms with van der Waals surface area (Å²) in [6.07, 6.45) is 4.44. The van der Waals surface area contributed by atoms with Gasteiger partial charge >= 0.3 is 0 Å². The van der Waals surface area contributed by atoms with Gasteiger partial charge in [-0.3, -0.25) is 4.79 Å². The summed E-state index contributed by atoms with van der Waals surface area (Å²) in [4.78, 5) is 12.8. The second-order valence-corrected chi connectivity index (χ2v) is 7.40. The summed E-state index contributed by atoms with van der Waals surface area (Å²) in [6, 6.07) is 12.1. The molecule has 3 heterocycles. The maximum atomic E-state index is 12.8. The predicted molar refractivity (Wildman–Crippen MR) is 107 cm³/mol. The van der Waals surface area contributed by atoms with Crippen LogP contribution in [-0.2, 0) is 19.5 Å². The first kappa shape index (κ1) is 17.0. The lowest BCUT2D eigenvalue weighted by Crippen LogP contribution is -2.25. The summed E-state index contributed by atoms with van der Waals surface area (Å²) < 4.78 is 8.17. The molecule has 4 aromatic rings. The van der Waals surface area contributed by atoms with Gasteiger partial charge in [0.05, 0.1) is 6.54 Å². The first-order chi connectivity index (χ1) is 13.7. The van der Waals surface area contributed by atoms with Crippen LogP contribution < -0.4 is 5.32 Å². The van der Waals surface area contributed by atoms with Crippen LogP contribution in [0.15, 0.2) is 40.8 Å². The van der Waals surface area contributed by atoms with E-state index in [9.17, 15) is 4.79 Å². The molecule has 1 aliphatic rings. The molecule has 1 amide bonds. The molecule has 0 fully saturated rings. The summed E-state index contributed by atoms with van der Waals surface area (Å²) >= 11 is 0. The Kier molecular flexibility index (Phi) is 4.11. The van der Waals surface area contributed by atoms with E-state index in [4.69, 9.17) is 4.42 Å². The third-order valence-electron chi connectivity index (χ3n) is 5.63. The van der Waals surface area contributed by atoms with Crippen molar-refractivity contribution in [1.82, 2.24) is 20.1 Å². The molecule has 2 aromatic heterocycles. The molecule has 2 aromatic carbocycles. The number of carbonyl (C=O) groups is 1. The number of aromatic nitrogens is 3. The third-order valence-corrected chi connectivity index (χ3v) is 5.63. The average Bonchev–Trinajstić information content (AvgIpc) is 3.17. The maximum Gasteiger partial charge on any atom is 0.287 e. The number of fused-ring (bicyclic) bond motifs is 4. The van der Waals surface area contributed by atoms with Crippen molar-refractivity contribution in [3.63, 3.8) is 0 Å². The SMILES string of the molecule is Cc1c(C(=O)NCc2nnc3n2CCCCC3)oc2c1ccc1ccccc12. The van der Waals surface area contributed by atoms with E-state index in [0.29, 0.717) is 12.3 Å². The number of hydrogen-bond donors (Lipinski definition) is 1. The van der Waals surface area contributed by atoms with E-state index < -0.39 is 0 Å². The molecule has 0 radical (unpaired) electrons. The summed E-state index contributed by atoms with van der Waals surface area (Å²) in [5.74, 6) is 1.98. The summed E-state index contributed by atoms with van der Waals surface area (Å²) in [5.41, 5.74) is 1.62. The van der Waals surface area contributed by atoms with Crippen molar-refractivity contribution in [3.8, 4) is 0 Å². The monoisotopic (exact) mass is 374 g/mol. The molecule has 142 valence electrons. The van der Waals surface area contributed by atoms with Crippen LogP contribution in [0.4, 0.5) is 0 Å². The van der Waals surface area contributed by atoms with Gasteiger partial charge in [0.25, 0.3) is 5.91 Å². The fourth-order valence-corrected chi connectivity index (χ4v) is 4.08. The first-order valence-electron chi connectivity index (χ1n) is 9.82. The van der Waals surface area contributed by atoms with Crippen LogP contribution in [0.2, 0.25) is 0 Å². The molecular weight excluding hydrogens is 352 g/mol. The number of nitrogens with one attached hydrogen (secondary N) is 1. The van der Waals surface area contributed by atoms with Crippen LogP contribution in [0.25, 0.3) is 21.7 Å². The highest BCUT2D eigenvalue weighted by Crippen LogP contribution is 2.31. The minimum absolute atomic E-state index is 0.219. The molecule has 0 saturated carbocycles. The van der Waals surface area contributed by atoms with Gasteiger partial charge in [0.1, 0.15) is 11.4 Å². The molecular formula is C22H22N4O2. The lowest BCUT2D eigenvalue weighted by Gasteiger charge is -2.07. The summed E-state index contributed by atoms with van der Waals surface area (Å²) in [6.45, 7) is 3.20. The quantitative estimate of drug-likeness (QED) is 0.585. The fraction of sp³-hybridized carbons (Fsp3) is 0.318. The Morgan fingerprint density at radius 2 is 2.00 bits per heavy atom. The third kappa shape index (κ3) is 2.76. The molecule has 1 aliphatic heterocycles. The van der Waals surface area contributed by atoms with Gasteiger partial charge < -0.3 is 14.3 Å². The van der Waals surface area contributed by atoms with Crippen LogP contribution in [0, 0.1) is 6.92 Å². The lowest BCUT2D eigenvalue weighted by atomic mass is 10.1. The van der Waals surface area contributed by atoms with Crippen molar-refractivity contribution in [1.29, 1.82) is 0 Å². The molecule has 1 N–H and O–H groups in total. The van der Waals surface area contributed by atoms with E-state index in [0.717, 1.165) is 64.8 Å². The van der Waals surface area contributed by atoms with E-state index in [2.05, 4.69) is 26.1 Å². The molecule has 6 nitrogen and oxygen atoms in total. The van der Waals surface area contributed by atoms with E-state index in [1.807, 2.05) is 37.3 Å². The first-order valence-corrected chi connectivity index (χ1v) is 9.82. The molecule has 0 saturated heterocycles. The van der Waals surface area contributed by atoms with Crippen LogP contribution in [0.1, 0.15) is 47.0 Å². The molecule has 0 aliphatic carbocycles. The van der Waals surface area contributed by atoms with Crippen molar-refractivity contribution < 1.29 is 9.21 Å². The number of carbonyl (C=O) groups excluding carboxylic acids is 1. The van der Waals surface area contributed by atoms with E-state index in [1.54, 1.807) is 0 Å². The second-order valence-electron chi connectivity index (χ2n) is 7.40. The van der Waals surface area contributed by atoms with Gasteiger partial charge in [-0.25, -0.2) is 0 Å². The smallest absolute Gasteiger partial charge is 0.287 e.